The molecule has 0 amide bonds. The fourth-order valence-electron chi connectivity index (χ4n) is 1.87. The number of pyridine rings is 1. The number of hydrogen-bond acceptors (Lipinski definition) is 3. The van der Waals surface area contributed by atoms with Crippen molar-refractivity contribution in [2.24, 2.45) is 0 Å². The minimum absolute atomic E-state index is 0.300. The zero-order valence-electron chi connectivity index (χ0n) is 9.53. The van der Waals surface area contributed by atoms with E-state index in [4.69, 9.17) is 16.3 Å². The third-order valence-corrected chi connectivity index (χ3v) is 3.22. The van der Waals surface area contributed by atoms with E-state index in [2.05, 4.69) is 16.9 Å². The SMILES string of the molecule is CN1CCC(Oc2cc(CCl)ccn2)CC1. The maximum Gasteiger partial charge on any atom is 0.213 e. The van der Waals surface area contributed by atoms with E-state index >= 15 is 0 Å². The van der Waals surface area contributed by atoms with Gasteiger partial charge in [-0.15, -0.1) is 11.6 Å². The minimum atomic E-state index is 0.300. The number of hydrogen-bond donors (Lipinski definition) is 0. The molecule has 4 heteroatoms. The number of alkyl halides is 1. The number of halogens is 1. The van der Waals surface area contributed by atoms with E-state index in [1.54, 1.807) is 6.20 Å². The van der Waals surface area contributed by atoms with Crippen molar-refractivity contribution in [3.05, 3.63) is 23.9 Å². The molecule has 1 saturated heterocycles. The molecular weight excluding hydrogens is 224 g/mol. The van der Waals surface area contributed by atoms with E-state index in [1.807, 2.05) is 12.1 Å². The second-order valence-electron chi connectivity index (χ2n) is 4.26. The van der Waals surface area contributed by atoms with Crippen LogP contribution in [-0.4, -0.2) is 36.1 Å². The Hall–Kier alpha value is -0.800. The molecule has 0 bridgehead atoms. The third-order valence-electron chi connectivity index (χ3n) is 2.91. The zero-order valence-corrected chi connectivity index (χ0v) is 10.3. The fraction of sp³-hybridized carbons (Fsp3) is 0.583. The Morgan fingerprint density at radius 3 is 2.94 bits per heavy atom. The van der Waals surface area contributed by atoms with Gasteiger partial charge in [-0.25, -0.2) is 4.98 Å². The standard InChI is InChI=1S/C12H17ClN2O/c1-15-6-3-11(4-7-15)16-12-8-10(9-13)2-5-14-12/h2,5,8,11H,3-4,6-7,9H2,1H3. The maximum absolute atomic E-state index is 5.85. The first-order valence-corrected chi connectivity index (χ1v) is 6.17. The van der Waals surface area contributed by atoms with Crippen LogP contribution in [0.25, 0.3) is 0 Å². The first-order chi connectivity index (χ1) is 7.78. The Morgan fingerprint density at radius 1 is 1.50 bits per heavy atom. The lowest BCUT2D eigenvalue weighted by atomic mass is 10.1. The zero-order chi connectivity index (χ0) is 11.4. The molecule has 0 unspecified atom stereocenters. The average molecular weight is 241 g/mol. The van der Waals surface area contributed by atoms with Crippen LogP contribution in [0, 0.1) is 0 Å². The molecule has 1 aromatic heterocycles. The molecule has 88 valence electrons. The number of likely N-dealkylation sites (tertiary alicyclic amines) is 1. The van der Waals surface area contributed by atoms with Gasteiger partial charge in [-0.3, -0.25) is 0 Å². The highest BCUT2D eigenvalue weighted by molar-refractivity contribution is 6.17. The summed E-state index contributed by atoms with van der Waals surface area (Å²) < 4.78 is 5.85. The Morgan fingerprint density at radius 2 is 2.25 bits per heavy atom. The Labute approximate surface area is 101 Å². The monoisotopic (exact) mass is 240 g/mol. The molecule has 0 saturated carbocycles. The van der Waals surface area contributed by atoms with Crippen LogP contribution in [-0.2, 0) is 5.88 Å². The normalized spacial score (nSPS) is 18.6. The summed E-state index contributed by atoms with van der Waals surface area (Å²) in [5, 5.41) is 0. The molecule has 2 rings (SSSR count). The van der Waals surface area contributed by atoms with Gasteiger partial charge in [0.25, 0.3) is 0 Å². The van der Waals surface area contributed by atoms with Crippen LogP contribution in [0.4, 0.5) is 0 Å². The molecule has 3 nitrogen and oxygen atoms in total. The lowest BCUT2D eigenvalue weighted by molar-refractivity contribution is 0.110. The molecule has 2 heterocycles. The smallest absolute Gasteiger partial charge is 0.213 e. The Balaban J connectivity index is 1.93. The maximum atomic E-state index is 5.85. The van der Waals surface area contributed by atoms with Gasteiger partial charge in [0.15, 0.2) is 0 Å². The number of piperidine rings is 1. The average Bonchev–Trinajstić information content (AvgIpc) is 2.32. The summed E-state index contributed by atoms with van der Waals surface area (Å²) in [4.78, 5) is 6.53. The molecule has 0 atom stereocenters. The van der Waals surface area contributed by atoms with Gasteiger partial charge >= 0.3 is 0 Å². The van der Waals surface area contributed by atoms with Gasteiger partial charge in [-0.2, -0.15) is 0 Å². The Bertz CT molecular complexity index is 338. The topological polar surface area (TPSA) is 25.4 Å². The van der Waals surface area contributed by atoms with Crippen LogP contribution in [0.1, 0.15) is 18.4 Å². The van der Waals surface area contributed by atoms with Gasteiger partial charge in [-0.05, 0) is 31.5 Å². The summed E-state index contributed by atoms with van der Waals surface area (Å²) >= 11 is 5.77. The predicted molar refractivity (Wildman–Crippen MR) is 64.9 cm³/mol. The van der Waals surface area contributed by atoms with Crippen LogP contribution < -0.4 is 4.74 Å². The van der Waals surface area contributed by atoms with Gasteiger partial charge in [0.05, 0.1) is 0 Å². The quantitative estimate of drug-likeness (QED) is 0.758. The van der Waals surface area contributed by atoms with E-state index in [1.165, 1.54) is 0 Å². The van der Waals surface area contributed by atoms with Gasteiger partial charge in [0, 0.05) is 31.2 Å². The molecule has 16 heavy (non-hydrogen) atoms. The van der Waals surface area contributed by atoms with Crippen LogP contribution >= 0.6 is 11.6 Å². The highest BCUT2D eigenvalue weighted by Gasteiger charge is 2.18. The summed E-state index contributed by atoms with van der Waals surface area (Å²) in [5.74, 6) is 1.21. The van der Waals surface area contributed by atoms with E-state index in [-0.39, 0.29) is 0 Å². The second-order valence-corrected chi connectivity index (χ2v) is 4.52. The summed E-state index contributed by atoms with van der Waals surface area (Å²) in [7, 11) is 2.14. The number of nitrogens with zero attached hydrogens (tertiary/aromatic N) is 2. The fourth-order valence-corrected chi connectivity index (χ4v) is 2.04. The third kappa shape index (κ3) is 3.09. The van der Waals surface area contributed by atoms with Gasteiger partial charge in [0.2, 0.25) is 5.88 Å². The first-order valence-electron chi connectivity index (χ1n) is 5.64. The van der Waals surface area contributed by atoms with Crippen LogP contribution in [0.15, 0.2) is 18.3 Å². The van der Waals surface area contributed by atoms with E-state index in [0.717, 1.165) is 31.5 Å². The van der Waals surface area contributed by atoms with Gasteiger partial charge in [0.1, 0.15) is 6.10 Å². The highest BCUT2D eigenvalue weighted by atomic mass is 35.5. The van der Waals surface area contributed by atoms with Gasteiger partial charge < -0.3 is 9.64 Å². The molecule has 0 N–H and O–H groups in total. The number of rotatable bonds is 3. The van der Waals surface area contributed by atoms with Crippen LogP contribution in [0.5, 0.6) is 5.88 Å². The lowest BCUT2D eigenvalue weighted by Gasteiger charge is -2.28. The highest BCUT2D eigenvalue weighted by Crippen LogP contribution is 2.17. The van der Waals surface area contributed by atoms with Crippen molar-refractivity contribution in [2.75, 3.05) is 20.1 Å². The summed E-state index contributed by atoms with van der Waals surface area (Å²) in [5.41, 5.74) is 1.06. The molecule has 1 fully saturated rings. The minimum Gasteiger partial charge on any atom is -0.474 e. The second kappa shape index (κ2) is 5.51. The molecule has 0 radical (unpaired) electrons. The summed E-state index contributed by atoms with van der Waals surface area (Å²) in [6.07, 6.45) is 4.20. The van der Waals surface area contributed by atoms with E-state index < -0.39 is 0 Å². The van der Waals surface area contributed by atoms with Crippen molar-refractivity contribution in [3.63, 3.8) is 0 Å². The molecule has 1 aromatic rings. The van der Waals surface area contributed by atoms with Crippen molar-refractivity contribution in [1.29, 1.82) is 0 Å². The molecular formula is C12H17ClN2O. The van der Waals surface area contributed by atoms with Crippen molar-refractivity contribution in [2.45, 2.75) is 24.8 Å². The molecule has 1 aliphatic heterocycles. The van der Waals surface area contributed by atoms with Crippen molar-refractivity contribution in [1.82, 2.24) is 9.88 Å². The molecule has 0 aliphatic carbocycles. The number of ether oxygens (including phenoxy) is 1. The summed E-state index contributed by atoms with van der Waals surface area (Å²) in [6, 6.07) is 3.83. The van der Waals surface area contributed by atoms with Crippen molar-refractivity contribution in [3.8, 4) is 5.88 Å². The molecule has 1 aliphatic rings. The van der Waals surface area contributed by atoms with Crippen LogP contribution in [0.3, 0.4) is 0 Å². The lowest BCUT2D eigenvalue weighted by Crippen LogP contribution is -2.35. The molecule has 0 spiro atoms. The van der Waals surface area contributed by atoms with Gasteiger partial charge in [-0.1, -0.05) is 0 Å². The van der Waals surface area contributed by atoms with E-state index in [9.17, 15) is 0 Å². The largest absolute Gasteiger partial charge is 0.474 e. The Kier molecular flexibility index (Phi) is 4.02. The summed E-state index contributed by atoms with van der Waals surface area (Å²) in [6.45, 7) is 2.19. The first kappa shape index (κ1) is 11.7. The van der Waals surface area contributed by atoms with E-state index in [0.29, 0.717) is 17.9 Å². The predicted octanol–water partition coefficient (Wildman–Crippen LogP) is 2.29. The van der Waals surface area contributed by atoms with Crippen molar-refractivity contribution >= 4 is 11.6 Å². The van der Waals surface area contributed by atoms with Crippen LogP contribution in [0.2, 0.25) is 0 Å². The van der Waals surface area contributed by atoms with Crippen molar-refractivity contribution < 1.29 is 4.74 Å². The number of aromatic nitrogens is 1. The molecule has 0 aromatic carbocycles.